The molecule has 1 aromatic rings. The highest BCUT2D eigenvalue weighted by Gasteiger charge is 2.46. The zero-order valence-corrected chi connectivity index (χ0v) is 7.08. The fourth-order valence-electron chi connectivity index (χ4n) is 2.03. The molecule has 7 heteroatoms. The number of aromatic nitrogens is 4. The summed E-state index contributed by atoms with van der Waals surface area (Å²) in [5.41, 5.74) is 0.391. The van der Waals surface area contributed by atoms with Crippen LogP contribution in [0.25, 0.3) is 0 Å². The van der Waals surface area contributed by atoms with E-state index in [0.29, 0.717) is 17.9 Å². The Hall–Kier alpha value is -1.92. The monoisotopic (exact) mass is 193 g/mol. The molecule has 2 unspecified atom stereocenters. The van der Waals surface area contributed by atoms with Gasteiger partial charge in [-0.25, -0.2) is 4.68 Å². The van der Waals surface area contributed by atoms with Crippen molar-refractivity contribution < 1.29 is 9.90 Å². The summed E-state index contributed by atoms with van der Waals surface area (Å²) in [6, 6.07) is -0.184. The number of nitrogens with zero attached hydrogens (tertiary/aromatic N) is 4. The van der Waals surface area contributed by atoms with Crippen LogP contribution < -0.4 is 5.32 Å². The molecule has 14 heavy (non-hydrogen) atoms. The van der Waals surface area contributed by atoms with Crippen LogP contribution in [-0.4, -0.2) is 31.2 Å². The van der Waals surface area contributed by atoms with E-state index in [2.05, 4.69) is 20.8 Å². The third kappa shape index (κ3) is 0.716. The van der Waals surface area contributed by atoms with Crippen LogP contribution in [0.4, 0.5) is 0 Å². The predicted molar refractivity (Wildman–Crippen MR) is 42.9 cm³/mol. The number of carbonyl (C=O) groups is 1. The highest BCUT2D eigenvalue weighted by molar-refractivity contribution is 5.96. The lowest BCUT2D eigenvalue weighted by atomic mass is 9.99. The first-order chi connectivity index (χ1) is 6.81. The largest absolute Gasteiger partial charge is 0.515 e. The van der Waals surface area contributed by atoms with Gasteiger partial charge in [0.05, 0.1) is 24.4 Å². The van der Waals surface area contributed by atoms with Gasteiger partial charge in [0.2, 0.25) is 0 Å². The lowest BCUT2D eigenvalue weighted by Gasteiger charge is -2.03. The number of fused-ring (bicyclic) bond motifs is 3. The summed E-state index contributed by atoms with van der Waals surface area (Å²) in [6.07, 6.45) is 0.861. The van der Waals surface area contributed by atoms with Gasteiger partial charge < -0.3 is 10.4 Å². The van der Waals surface area contributed by atoms with Gasteiger partial charge >= 0.3 is 0 Å². The number of tetrazole rings is 1. The maximum absolute atomic E-state index is 11.3. The van der Waals surface area contributed by atoms with E-state index >= 15 is 0 Å². The van der Waals surface area contributed by atoms with E-state index in [4.69, 9.17) is 5.11 Å². The van der Waals surface area contributed by atoms with Crippen LogP contribution in [0.2, 0.25) is 0 Å². The molecule has 2 aliphatic rings. The Bertz CT molecular complexity index is 437. The van der Waals surface area contributed by atoms with Crippen LogP contribution in [0.5, 0.6) is 0 Å². The van der Waals surface area contributed by atoms with Gasteiger partial charge in [-0.15, -0.1) is 5.10 Å². The number of aliphatic hydroxyl groups is 1. The quantitative estimate of drug-likeness (QED) is 0.403. The lowest BCUT2D eigenvalue weighted by Crippen LogP contribution is -2.20. The molecule has 3 rings (SSSR count). The first-order valence-electron chi connectivity index (χ1n) is 4.22. The molecule has 0 bridgehead atoms. The Morgan fingerprint density at radius 3 is 3.29 bits per heavy atom. The number of amides is 1. The number of nitrogens with one attached hydrogen (secondary N) is 1. The van der Waals surface area contributed by atoms with Gasteiger partial charge in [-0.05, 0) is 10.4 Å². The van der Waals surface area contributed by atoms with Crippen LogP contribution in [0, 0.1) is 5.92 Å². The van der Waals surface area contributed by atoms with Crippen LogP contribution in [-0.2, 0) is 11.3 Å². The predicted octanol–water partition coefficient (Wildman–Crippen LogP) is -1.08. The number of hydrogen-bond acceptors (Lipinski definition) is 5. The van der Waals surface area contributed by atoms with Crippen molar-refractivity contribution in [1.29, 1.82) is 0 Å². The zero-order valence-electron chi connectivity index (χ0n) is 7.08. The van der Waals surface area contributed by atoms with E-state index in [0.717, 1.165) is 6.26 Å². The van der Waals surface area contributed by atoms with E-state index in [1.165, 1.54) is 0 Å². The molecule has 0 aromatic carbocycles. The molecule has 2 aliphatic heterocycles. The van der Waals surface area contributed by atoms with Crippen molar-refractivity contribution in [2.75, 3.05) is 0 Å². The van der Waals surface area contributed by atoms with Gasteiger partial charge in [-0.1, -0.05) is 0 Å². The van der Waals surface area contributed by atoms with E-state index in [-0.39, 0.29) is 17.9 Å². The molecule has 1 amide bonds. The third-order valence-corrected chi connectivity index (χ3v) is 2.70. The zero-order chi connectivity index (χ0) is 9.71. The first-order valence-corrected chi connectivity index (χ1v) is 4.22. The first kappa shape index (κ1) is 7.48. The maximum Gasteiger partial charge on any atom is 0.251 e. The second-order valence-electron chi connectivity index (χ2n) is 3.36. The topological polar surface area (TPSA) is 92.9 Å². The Morgan fingerprint density at radius 1 is 1.64 bits per heavy atom. The molecule has 7 nitrogen and oxygen atoms in total. The maximum atomic E-state index is 11.3. The Balaban J connectivity index is 2.07. The number of rotatable bonds is 0. The molecule has 0 saturated carbocycles. The molecule has 2 N–H and O–H groups in total. The summed E-state index contributed by atoms with van der Waals surface area (Å²) in [5, 5.41) is 22.7. The second kappa shape index (κ2) is 2.31. The third-order valence-electron chi connectivity index (χ3n) is 2.70. The molecule has 3 heterocycles. The van der Waals surface area contributed by atoms with Crippen molar-refractivity contribution in [3.05, 3.63) is 17.7 Å². The normalized spacial score (nSPS) is 31.7. The molecule has 1 aromatic heterocycles. The summed E-state index contributed by atoms with van der Waals surface area (Å²) in [4.78, 5) is 11.3. The summed E-state index contributed by atoms with van der Waals surface area (Å²) in [5.74, 6) is 0.349. The lowest BCUT2D eigenvalue weighted by molar-refractivity contribution is -0.116. The van der Waals surface area contributed by atoms with Crippen molar-refractivity contribution >= 4 is 5.91 Å². The highest BCUT2D eigenvalue weighted by Crippen LogP contribution is 2.38. The number of aliphatic hydroxyl groups excluding tert-OH is 1. The molecular weight excluding hydrogens is 186 g/mol. The van der Waals surface area contributed by atoms with E-state index in [1.54, 1.807) is 4.68 Å². The second-order valence-corrected chi connectivity index (χ2v) is 3.36. The van der Waals surface area contributed by atoms with Gasteiger partial charge in [0.15, 0.2) is 5.82 Å². The molecule has 1 fully saturated rings. The fraction of sp³-hybridized carbons (Fsp3) is 0.429. The number of carbonyl (C=O) groups excluding carboxylic acids is 1. The van der Waals surface area contributed by atoms with Crippen LogP contribution >= 0.6 is 0 Å². The fourth-order valence-corrected chi connectivity index (χ4v) is 2.03. The summed E-state index contributed by atoms with van der Waals surface area (Å²) < 4.78 is 1.64. The van der Waals surface area contributed by atoms with Crippen molar-refractivity contribution in [3.8, 4) is 0 Å². The van der Waals surface area contributed by atoms with Gasteiger partial charge in [-0.3, -0.25) is 4.79 Å². The van der Waals surface area contributed by atoms with E-state index < -0.39 is 0 Å². The highest BCUT2D eigenvalue weighted by atomic mass is 16.2. The van der Waals surface area contributed by atoms with Crippen LogP contribution in [0.1, 0.15) is 11.9 Å². The SMILES string of the molecule is O=C1NC2c3nnnn3CC2/C1=C/O. The summed E-state index contributed by atoms with van der Waals surface area (Å²) >= 11 is 0. The Kier molecular flexibility index (Phi) is 1.23. The van der Waals surface area contributed by atoms with E-state index in [1.807, 2.05) is 0 Å². The van der Waals surface area contributed by atoms with Crippen molar-refractivity contribution in [2.24, 2.45) is 5.92 Å². The smallest absolute Gasteiger partial charge is 0.251 e. The van der Waals surface area contributed by atoms with Gasteiger partial charge in [0, 0.05) is 5.92 Å². The minimum Gasteiger partial charge on any atom is -0.515 e. The molecule has 1 saturated heterocycles. The summed E-state index contributed by atoms with van der Waals surface area (Å²) in [7, 11) is 0. The average molecular weight is 193 g/mol. The molecule has 72 valence electrons. The molecule has 0 radical (unpaired) electrons. The van der Waals surface area contributed by atoms with Crippen molar-refractivity contribution in [2.45, 2.75) is 12.6 Å². The summed E-state index contributed by atoms with van der Waals surface area (Å²) in [6.45, 7) is 0.540. The van der Waals surface area contributed by atoms with Crippen LogP contribution in [0.3, 0.4) is 0 Å². The molecule has 0 spiro atoms. The molecule has 2 atom stereocenters. The molecule has 0 aliphatic carbocycles. The standard InChI is InChI=1S/C7H7N5O2/c13-2-4-3-1-12-6(9-10-11-12)5(3)8-7(4)14/h2-3,5,13H,1H2,(H,8,14)/b4-2-. The minimum absolute atomic E-state index is 0.0644. The number of hydrogen-bond donors (Lipinski definition) is 2. The van der Waals surface area contributed by atoms with Crippen molar-refractivity contribution in [1.82, 2.24) is 25.5 Å². The van der Waals surface area contributed by atoms with Gasteiger partial charge in [-0.2, -0.15) is 0 Å². The Morgan fingerprint density at radius 2 is 2.50 bits per heavy atom. The van der Waals surface area contributed by atoms with E-state index in [9.17, 15) is 4.79 Å². The molecular formula is C7H7N5O2. The van der Waals surface area contributed by atoms with Gasteiger partial charge in [0.25, 0.3) is 5.91 Å². The van der Waals surface area contributed by atoms with Gasteiger partial charge in [0.1, 0.15) is 0 Å². The van der Waals surface area contributed by atoms with Crippen molar-refractivity contribution in [3.63, 3.8) is 0 Å². The minimum atomic E-state index is -0.239. The average Bonchev–Trinajstić information content (AvgIpc) is 2.76. The van der Waals surface area contributed by atoms with Crippen LogP contribution in [0.15, 0.2) is 11.8 Å². The Labute approximate surface area is 78.4 Å².